The summed E-state index contributed by atoms with van der Waals surface area (Å²) >= 11 is 4.95. The minimum atomic E-state index is 0.307. The number of nitrogens with two attached hydrogens (primary N) is 1. The van der Waals surface area contributed by atoms with Crippen molar-refractivity contribution in [2.75, 3.05) is 0 Å². The summed E-state index contributed by atoms with van der Waals surface area (Å²) in [5.41, 5.74) is 6.59. The summed E-state index contributed by atoms with van der Waals surface area (Å²) < 4.78 is 3.89. The molecule has 0 saturated carbocycles. The van der Waals surface area contributed by atoms with Gasteiger partial charge in [0.05, 0.1) is 12.2 Å². The minimum absolute atomic E-state index is 0.307. The highest BCUT2D eigenvalue weighted by Gasteiger charge is 2.09. The van der Waals surface area contributed by atoms with Gasteiger partial charge in [-0.2, -0.15) is 5.10 Å². The lowest BCUT2D eigenvalue weighted by Gasteiger charge is -2.08. The van der Waals surface area contributed by atoms with Crippen LogP contribution in [0.1, 0.15) is 37.8 Å². The Morgan fingerprint density at radius 1 is 1.50 bits per heavy atom. The zero-order valence-electron chi connectivity index (χ0n) is 10.6. The van der Waals surface area contributed by atoms with Crippen molar-refractivity contribution in [1.29, 1.82) is 0 Å². The number of thiocarbonyl (C=S) groups is 1. The van der Waals surface area contributed by atoms with Gasteiger partial charge in [-0.25, -0.2) is 4.98 Å². The second-order valence-electron chi connectivity index (χ2n) is 4.29. The van der Waals surface area contributed by atoms with E-state index in [9.17, 15) is 0 Å². The van der Waals surface area contributed by atoms with Gasteiger partial charge in [0, 0.05) is 24.6 Å². The maximum absolute atomic E-state index is 5.61. The zero-order valence-corrected chi connectivity index (χ0v) is 11.4. The summed E-state index contributed by atoms with van der Waals surface area (Å²) in [5, 5.41) is 4.54. The van der Waals surface area contributed by atoms with Crippen LogP contribution >= 0.6 is 12.2 Å². The average Bonchev–Trinajstić information content (AvgIpc) is 2.97. The van der Waals surface area contributed by atoms with Gasteiger partial charge in [-0.15, -0.1) is 0 Å². The fraction of sp³-hybridized carbons (Fsp3) is 0.417. The quantitative estimate of drug-likeness (QED) is 0.835. The van der Waals surface area contributed by atoms with Gasteiger partial charge in [0.25, 0.3) is 0 Å². The van der Waals surface area contributed by atoms with Crippen molar-refractivity contribution in [2.24, 2.45) is 5.73 Å². The first-order chi connectivity index (χ1) is 8.61. The molecule has 2 N–H and O–H groups in total. The lowest BCUT2D eigenvalue weighted by Crippen LogP contribution is -2.17. The Morgan fingerprint density at radius 3 is 2.94 bits per heavy atom. The third kappa shape index (κ3) is 2.59. The largest absolute Gasteiger partial charge is 0.387 e. The number of nitrogens with zero attached hydrogens (tertiary/aromatic N) is 4. The number of aromatic nitrogens is 4. The highest BCUT2D eigenvalue weighted by atomic mass is 32.1. The molecule has 1 unspecified atom stereocenters. The van der Waals surface area contributed by atoms with E-state index in [1.54, 1.807) is 6.20 Å². The van der Waals surface area contributed by atoms with E-state index in [1.807, 2.05) is 27.7 Å². The van der Waals surface area contributed by atoms with Crippen LogP contribution < -0.4 is 5.73 Å². The summed E-state index contributed by atoms with van der Waals surface area (Å²) in [6.45, 7) is 4.93. The van der Waals surface area contributed by atoms with Crippen LogP contribution in [0.15, 0.2) is 24.7 Å². The molecule has 0 amide bonds. The van der Waals surface area contributed by atoms with Crippen molar-refractivity contribution >= 4 is 17.2 Å². The molecule has 2 heterocycles. The van der Waals surface area contributed by atoms with Crippen LogP contribution in [0, 0.1) is 0 Å². The summed E-state index contributed by atoms with van der Waals surface area (Å²) in [4.78, 5) is 4.44. The molecule has 6 heteroatoms. The molecular formula is C12H17N5S. The number of rotatable bonds is 5. The highest BCUT2D eigenvalue weighted by molar-refractivity contribution is 7.80. The molecule has 1 atom stereocenters. The summed E-state index contributed by atoms with van der Waals surface area (Å²) in [7, 11) is 0. The van der Waals surface area contributed by atoms with Gasteiger partial charge in [-0.1, -0.05) is 19.1 Å². The molecule has 0 bridgehead atoms. The molecule has 0 aliphatic carbocycles. The summed E-state index contributed by atoms with van der Waals surface area (Å²) in [6, 6.07) is 2.42. The first-order valence-corrected chi connectivity index (χ1v) is 6.37. The molecule has 5 nitrogen and oxygen atoms in total. The smallest absolute Gasteiger partial charge is 0.167 e. The Labute approximate surface area is 112 Å². The van der Waals surface area contributed by atoms with E-state index in [4.69, 9.17) is 18.0 Å². The van der Waals surface area contributed by atoms with Crippen molar-refractivity contribution < 1.29 is 0 Å². The maximum atomic E-state index is 5.61. The predicted octanol–water partition coefficient (Wildman–Crippen LogP) is 1.73. The molecule has 0 fully saturated rings. The molecule has 0 aliphatic rings. The average molecular weight is 263 g/mol. The molecule has 0 aliphatic heterocycles. The number of imidazole rings is 1. The van der Waals surface area contributed by atoms with Crippen LogP contribution in [0.4, 0.5) is 0 Å². The summed E-state index contributed by atoms with van der Waals surface area (Å²) in [5.74, 6) is 0.628. The van der Waals surface area contributed by atoms with Crippen molar-refractivity contribution in [3.05, 3.63) is 36.2 Å². The Bertz CT molecular complexity index is 542. The van der Waals surface area contributed by atoms with Gasteiger partial charge in [0.15, 0.2) is 5.82 Å². The van der Waals surface area contributed by atoms with Crippen LogP contribution in [0.25, 0.3) is 0 Å². The lowest BCUT2D eigenvalue weighted by molar-refractivity contribution is 0.472. The SMILES string of the molecule is CCC(C)n1ccc(Cn2ccnc2C(N)=S)n1. The molecule has 18 heavy (non-hydrogen) atoms. The first-order valence-electron chi connectivity index (χ1n) is 5.96. The first kappa shape index (κ1) is 12.8. The topological polar surface area (TPSA) is 61.7 Å². The third-order valence-corrected chi connectivity index (χ3v) is 3.16. The van der Waals surface area contributed by atoms with E-state index in [-0.39, 0.29) is 0 Å². The van der Waals surface area contributed by atoms with Crippen molar-refractivity contribution in [3.8, 4) is 0 Å². The molecule has 96 valence electrons. The zero-order chi connectivity index (χ0) is 13.1. The monoisotopic (exact) mass is 263 g/mol. The second-order valence-corrected chi connectivity index (χ2v) is 4.73. The molecular weight excluding hydrogens is 246 g/mol. The highest BCUT2D eigenvalue weighted by Crippen LogP contribution is 2.10. The van der Waals surface area contributed by atoms with Gasteiger partial charge in [0.2, 0.25) is 0 Å². The van der Waals surface area contributed by atoms with Gasteiger partial charge in [-0.3, -0.25) is 4.68 Å². The molecule has 0 saturated heterocycles. The second kappa shape index (κ2) is 5.30. The predicted molar refractivity (Wildman–Crippen MR) is 74.4 cm³/mol. The van der Waals surface area contributed by atoms with E-state index in [0.29, 0.717) is 23.4 Å². The number of hydrogen-bond acceptors (Lipinski definition) is 3. The normalized spacial score (nSPS) is 12.6. The third-order valence-electron chi connectivity index (χ3n) is 2.97. The Balaban J connectivity index is 2.16. The van der Waals surface area contributed by atoms with E-state index in [1.165, 1.54) is 0 Å². The summed E-state index contributed by atoms with van der Waals surface area (Å²) in [6.07, 6.45) is 6.61. The van der Waals surface area contributed by atoms with Crippen LogP contribution in [0.2, 0.25) is 0 Å². The van der Waals surface area contributed by atoms with Gasteiger partial charge < -0.3 is 10.3 Å². The standard InChI is InChI=1S/C12H17N5S/c1-3-9(2)17-6-4-10(15-17)8-16-7-5-14-12(16)11(13)18/h4-7,9H,3,8H2,1-2H3,(H2,13,18). The Kier molecular flexibility index (Phi) is 3.76. The maximum Gasteiger partial charge on any atom is 0.167 e. The fourth-order valence-corrected chi connectivity index (χ4v) is 1.90. The Hall–Kier alpha value is -1.69. The van der Waals surface area contributed by atoms with E-state index in [0.717, 1.165) is 12.1 Å². The molecule has 2 rings (SSSR count). The van der Waals surface area contributed by atoms with E-state index < -0.39 is 0 Å². The molecule has 0 aromatic carbocycles. The van der Waals surface area contributed by atoms with E-state index in [2.05, 4.69) is 23.9 Å². The molecule has 2 aromatic rings. The van der Waals surface area contributed by atoms with Gasteiger partial charge in [0.1, 0.15) is 4.99 Å². The van der Waals surface area contributed by atoms with Crippen molar-refractivity contribution in [1.82, 2.24) is 19.3 Å². The van der Waals surface area contributed by atoms with Gasteiger partial charge >= 0.3 is 0 Å². The van der Waals surface area contributed by atoms with Gasteiger partial charge in [-0.05, 0) is 19.4 Å². The lowest BCUT2D eigenvalue weighted by atomic mass is 10.3. The van der Waals surface area contributed by atoms with Crippen LogP contribution in [-0.2, 0) is 6.54 Å². The molecule has 2 aromatic heterocycles. The fourth-order valence-electron chi connectivity index (χ4n) is 1.73. The molecule has 0 spiro atoms. The van der Waals surface area contributed by atoms with Crippen molar-refractivity contribution in [3.63, 3.8) is 0 Å². The van der Waals surface area contributed by atoms with Crippen LogP contribution in [0.5, 0.6) is 0 Å². The van der Waals surface area contributed by atoms with Crippen LogP contribution in [-0.4, -0.2) is 24.3 Å². The molecule has 0 radical (unpaired) electrons. The Morgan fingerprint density at radius 2 is 2.28 bits per heavy atom. The van der Waals surface area contributed by atoms with Crippen molar-refractivity contribution in [2.45, 2.75) is 32.9 Å². The van der Waals surface area contributed by atoms with Crippen LogP contribution in [0.3, 0.4) is 0 Å². The van der Waals surface area contributed by atoms with E-state index >= 15 is 0 Å². The number of hydrogen-bond donors (Lipinski definition) is 1. The minimum Gasteiger partial charge on any atom is -0.387 e.